The van der Waals surface area contributed by atoms with Crippen molar-refractivity contribution < 1.29 is 4.74 Å². The van der Waals surface area contributed by atoms with Crippen LogP contribution in [0.1, 0.15) is 43.7 Å². The molecule has 5 heteroatoms. The smallest absolute Gasteiger partial charge is 0.0576 e. The van der Waals surface area contributed by atoms with Crippen molar-refractivity contribution in [2.24, 2.45) is 5.84 Å². The average molecular weight is 395 g/mol. The van der Waals surface area contributed by atoms with E-state index in [0.717, 1.165) is 40.0 Å². The molecule has 0 radical (unpaired) electrons. The second kappa shape index (κ2) is 7.78. The molecule has 0 spiro atoms. The Morgan fingerprint density at radius 3 is 3.00 bits per heavy atom. The van der Waals surface area contributed by atoms with Crippen molar-refractivity contribution in [3.8, 4) is 0 Å². The van der Waals surface area contributed by atoms with Crippen molar-refractivity contribution in [2.75, 3.05) is 6.61 Å². The van der Waals surface area contributed by atoms with Crippen LogP contribution in [0.3, 0.4) is 0 Å². The van der Waals surface area contributed by atoms with E-state index in [1.807, 2.05) is 12.1 Å². The quantitative estimate of drug-likeness (QED) is 0.438. The van der Waals surface area contributed by atoms with Crippen LogP contribution in [0.5, 0.6) is 0 Å². The van der Waals surface area contributed by atoms with Gasteiger partial charge in [-0.05, 0) is 72.4 Å². The van der Waals surface area contributed by atoms with Crippen LogP contribution in [-0.4, -0.2) is 12.7 Å². The molecule has 1 saturated heterocycles. The molecule has 1 aromatic carbocycles. The zero-order valence-electron chi connectivity index (χ0n) is 10.9. The summed E-state index contributed by atoms with van der Waals surface area (Å²) in [5, 5.41) is 0.789. The molecule has 1 fully saturated rings. The molecule has 1 aliphatic rings. The number of rotatable bonds is 6. The van der Waals surface area contributed by atoms with Crippen molar-refractivity contribution in [3.63, 3.8) is 0 Å². The summed E-state index contributed by atoms with van der Waals surface area (Å²) in [5.74, 6) is 5.66. The molecule has 106 valence electrons. The van der Waals surface area contributed by atoms with Gasteiger partial charge in [0.2, 0.25) is 0 Å². The maximum absolute atomic E-state index is 6.16. The molecule has 0 bridgehead atoms. The van der Waals surface area contributed by atoms with Gasteiger partial charge >= 0.3 is 0 Å². The molecule has 1 heterocycles. The molecule has 1 aromatic rings. The van der Waals surface area contributed by atoms with E-state index in [2.05, 4.69) is 34.1 Å². The van der Waals surface area contributed by atoms with Gasteiger partial charge in [0, 0.05) is 16.2 Å². The second-order valence-corrected chi connectivity index (χ2v) is 6.53. The van der Waals surface area contributed by atoms with Gasteiger partial charge < -0.3 is 4.74 Å². The lowest BCUT2D eigenvalue weighted by atomic mass is 10.00. The third-order valence-corrected chi connectivity index (χ3v) is 5.16. The fourth-order valence-corrected chi connectivity index (χ4v) is 3.02. The third kappa shape index (κ3) is 4.56. The van der Waals surface area contributed by atoms with E-state index in [9.17, 15) is 0 Å². The topological polar surface area (TPSA) is 47.3 Å². The summed E-state index contributed by atoms with van der Waals surface area (Å²) in [5.41, 5.74) is 4.04. The Hall–Kier alpha value is 0.120. The Morgan fingerprint density at radius 1 is 1.53 bits per heavy atom. The highest BCUT2D eigenvalue weighted by Gasteiger charge is 2.17. The van der Waals surface area contributed by atoms with Crippen molar-refractivity contribution >= 4 is 34.2 Å². The van der Waals surface area contributed by atoms with Gasteiger partial charge in [0.25, 0.3) is 0 Å². The number of halogens is 2. The van der Waals surface area contributed by atoms with Crippen LogP contribution in [0.15, 0.2) is 18.2 Å². The highest BCUT2D eigenvalue weighted by atomic mass is 127. The van der Waals surface area contributed by atoms with Crippen LogP contribution in [0, 0.1) is 3.57 Å². The number of benzene rings is 1. The molecule has 0 aromatic heterocycles. The van der Waals surface area contributed by atoms with Gasteiger partial charge in [-0.25, -0.2) is 0 Å². The van der Waals surface area contributed by atoms with Crippen molar-refractivity contribution in [3.05, 3.63) is 32.4 Å². The SMILES string of the molecule is NNC(CCCC1CCCO1)c1ccc(I)c(Cl)c1. The number of nitrogens with two attached hydrogens (primary N) is 1. The first kappa shape index (κ1) is 15.5. The van der Waals surface area contributed by atoms with Gasteiger partial charge in [-0.15, -0.1) is 0 Å². The first-order chi connectivity index (χ1) is 9.20. The van der Waals surface area contributed by atoms with Crippen molar-refractivity contribution in [1.82, 2.24) is 5.43 Å². The van der Waals surface area contributed by atoms with E-state index >= 15 is 0 Å². The highest BCUT2D eigenvalue weighted by molar-refractivity contribution is 14.1. The number of hydrazine groups is 1. The van der Waals surface area contributed by atoms with Crippen LogP contribution < -0.4 is 11.3 Å². The third-order valence-electron chi connectivity index (χ3n) is 3.59. The number of nitrogens with one attached hydrogen (secondary N) is 1. The molecular formula is C14H20ClIN2O. The minimum Gasteiger partial charge on any atom is -0.378 e. The largest absolute Gasteiger partial charge is 0.378 e. The van der Waals surface area contributed by atoms with Gasteiger partial charge in [0.05, 0.1) is 11.1 Å². The number of hydrogen-bond acceptors (Lipinski definition) is 3. The first-order valence-corrected chi connectivity index (χ1v) is 8.19. The van der Waals surface area contributed by atoms with E-state index in [4.69, 9.17) is 22.2 Å². The Balaban J connectivity index is 1.86. The normalized spacial score (nSPS) is 20.7. The number of hydrogen-bond donors (Lipinski definition) is 2. The van der Waals surface area contributed by atoms with Crippen LogP contribution in [0.4, 0.5) is 0 Å². The first-order valence-electron chi connectivity index (χ1n) is 6.73. The van der Waals surface area contributed by atoms with Crippen LogP contribution in [0.25, 0.3) is 0 Å². The molecule has 19 heavy (non-hydrogen) atoms. The summed E-state index contributed by atoms with van der Waals surface area (Å²) < 4.78 is 6.70. The minimum atomic E-state index is 0.163. The van der Waals surface area contributed by atoms with E-state index < -0.39 is 0 Å². The average Bonchev–Trinajstić information content (AvgIpc) is 2.91. The summed E-state index contributed by atoms with van der Waals surface area (Å²) >= 11 is 8.39. The Labute approximate surface area is 133 Å². The van der Waals surface area contributed by atoms with E-state index in [-0.39, 0.29) is 6.04 Å². The Kier molecular flexibility index (Phi) is 6.35. The predicted octanol–water partition coefficient (Wildman–Crippen LogP) is 3.80. The van der Waals surface area contributed by atoms with Crippen molar-refractivity contribution in [1.29, 1.82) is 0 Å². The zero-order valence-corrected chi connectivity index (χ0v) is 13.8. The zero-order chi connectivity index (χ0) is 13.7. The lowest BCUT2D eigenvalue weighted by molar-refractivity contribution is 0.101. The highest BCUT2D eigenvalue weighted by Crippen LogP contribution is 2.26. The molecule has 2 unspecified atom stereocenters. The van der Waals surface area contributed by atoms with Crippen LogP contribution in [0.2, 0.25) is 5.02 Å². The molecular weight excluding hydrogens is 375 g/mol. The lowest BCUT2D eigenvalue weighted by Gasteiger charge is -2.18. The minimum absolute atomic E-state index is 0.163. The molecule has 0 aliphatic carbocycles. The second-order valence-electron chi connectivity index (χ2n) is 4.96. The maximum Gasteiger partial charge on any atom is 0.0576 e. The van der Waals surface area contributed by atoms with Gasteiger partial charge in [0.15, 0.2) is 0 Å². The summed E-state index contributed by atoms with van der Waals surface area (Å²) in [4.78, 5) is 0. The monoisotopic (exact) mass is 394 g/mol. The van der Waals surface area contributed by atoms with Gasteiger partial charge in [-0.2, -0.15) is 0 Å². The lowest BCUT2D eigenvalue weighted by Crippen LogP contribution is -2.28. The summed E-state index contributed by atoms with van der Waals surface area (Å²) in [6.45, 7) is 0.927. The fraction of sp³-hybridized carbons (Fsp3) is 0.571. The molecule has 2 rings (SSSR count). The molecule has 0 amide bonds. The fourth-order valence-electron chi connectivity index (χ4n) is 2.50. The molecule has 0 saturated carbocycles. The molecule has 2 atom stereocenters. The maximum atomic E-state index is 6.16. The standard InChI is InChI=1S/C14H20ClIN2O/c15-12-9-10(6-7-13(12)16)14(18-17)5-1-3-11-4-2-8-19-11/h6-7,9,11,14,18H,1-5,8,17H2. The summed E-state index contributed by atoms with van der Waals surface area (Å²) in [6, 6.07) is 6.28. The predicted molar refractivity (Wildman–Crippen MR) is 87.1 cm³/mol. The summed E-state index contributed by atoms with van der Waals surface area (Å²) in [6.07, 6.45) is 6.11. The Morgan fingerprint density at radius 2 is 2.37 bits per heavy atom. The molecule has 3 N–H and O–H groups in total. The van der Waals surface area contributed by atoms with E-state index in [0.29, 0.717) is 6.10 Å². The van der Waals surface area contributed by atoms with Crippen LogP contribution >= 0.6 is 34.2 Å². The van der Waals surface area contributed by atoms with Crippen LogP contribution in [-0.2, 0) is 4.74 Å². The van der Waals surface area contributed by atoms with E-state index in [1.54, 1.807) is 0 Å². The number of ether oxygens (including phenoxy) is 1. The summed E-state index contributed by atoms with van der Waals surface area (Å²) in [7, 11) is 0. The molecule has 1 aliphatic heterocycles. The van der Waals surface area contributed by atoms with Gasteiger partial charge in [-0.1, -0.05) is 17.7 Å². The van der Waals surface area contributed by atoms with Gasteiger partial charge in [0.1, 0.15) is 0 Å². The van der Waals surface area contributed by atoms with Crippen molar-refractivity contribution in [2.45, 2.75) is 44.2 Å². The van der Waals surface area contributed by atoms with E-state index in [1.165, 1.54) is 12.8 Å². The Bertz CT molecular complexity index is 410. The molecule has 3 nitrogen and oxygen atoms in total. The van der Waals surface area contributed by atoms with Gasteiger partial charge in [-0.3, -0.25) is 11.3 Å².